The summed E-state index contributed by atoms with van der Waals surface area (Å²) in [5, 5.41) is 0. The predicted octanol–water partition coefficient (Wildman–Crippen LogP) is 3.49. The minimum atomic E-state index is -5.14. The van der Waals surface area contributed by atoms with Gasteiger partial charge in [-0.15, -0.1) is 13.2 Å². The Labute approximate surface area is 99.7 Å². The third-order valence-electron chi connectivity index (χ3n) is 1.57. The highest BCUT2D eigenvalue weighted by Crippen LogP contribution is 2.33. The minimum Gasteiger partial charge on any atom is -0.387 e. The second kappa shape index (κ2) is 4.94. The third kappa shape index (κ3) is 3.62. The van der Waals surface area contributed by atoms with Gasteiger partial charge in [0.2, 0.25) is 5.88 Å². The van der Waals surface area contributed by atoms with Gasteiger partial charge in [-0.3, -0.25) is 4.79 Å². The lowest BCUT2D eigenvalue weighted by Crippen LogP contribution is -2.19. The number of pyridine rings is 1. The molecular formula is C8H3BrF5NO2. The van der Waals surface area contributed by atoms with Crippen molar-refractivity contribution in [2.75, 3.05) is 0 Å². The van der Waals surface area contributed by atoms with Crippen LogP contribution in [0.15, 0.2) is 10.7 Å². The molecule has 0 bridgehead atoms. The minimum absolute atomic E-state index is 0.181. The van der Waals surface area contributed by atoms with E-state index in [1.807, 2.05) is 0 Å². The van der Waals surface area contributed by atoms with Crippen LogP contribution in [0.25, 0.3) is 0 Å². The number of ether oxygens (including phenoxy) is 1. The number of carbonyl (C=O) groups is 1. The van der Waals surface area contributed by atoms with Gasteiger partial charge in [-0.1, -0.05) is 0 Å². The van der Waals surface area contributed by atoms with Gasteiger partial charge in [0.05, 0.1) is 5.56 Å². The normalized spacial score (nSPS) is 11.7. The molecule has 1 heterocycles. The second-order valence-electron chi connectivity index (χ2n) is 2.73. The van der Waals surface area contributed by atoms with Crippen molar-refractivity contribution in [1.29, 1.82) is 0 Å². The number of carbonyl (C=O) groups excluding carboxylic acids is 1. The summed E-state index contributed by atoms with van der Waals surface area (Å²) in [5.41, 5.74) is -1.40. The number of aldehydes is 1. The maximum atomic E-state index is 12.4. The molecule has 94 valence electrons. The van der Waals surface area contributed by atoms with E-state index in [9.17, 15) is 26.7 Å². The smallest absolute Gasteiger partial charge is 0.387 e. The molecule has 0 spiro atoms. The van der Waals surface area contributed by atoms with Gasteiger partial charge in [0.25, 0.3) is 6.43 Å². The molecule has 0 aromatic carbocycles. The van der Waals surface area contributed by atoms with Crippen molar-refractivity contribution in [3.63, 3.8) is 0 Å². The van der Waals surface area contributed by atoms with Gasteiger partial charge >= 0.3 is 6.36 Å². The number of aromatic nitrogens is 1. The summed E-state index contributed by atoms with van der Waals surface area (Å²) < 4.78 is 63.6. The van der Waals surface area contributed by atoms with E-state index in [1.165, 1.54) is 0 Å². The molecule has 0 fully saturated rings. The van der Waals surface area contributed by atoms with Crippen LogP contribution in [-0.4, -0.2) is 17.6 Å². The Bertz CT molecular complexity index is 435. The van der Waals surface area contributed by atoms with Gasteiger partial charge in [0.15, 0.2) is 6.29 Å². The summed E-state index contributed by atoms with van der Waals surface area (Å²) in [6, 6.07) is 0.579. The summed E-state index contributed by atoms with van der Waals surface area (Å²) in [7, 11) is 0. The van der Waals surface area contributed by atoms with Crippen molar-refractivity contribution in [3.05, 3.63) is 21.8 Å². The molecule has 9 heteroatoms. The zero-order chi connectivity index (χ0) is 13.2. The topological polar surface area (TPSA) is 39.2 Å². The highest BCUT2D eigenvalue weighted by Gasteiger charge is 2.34. The number of alkyl halides is 5. The van der Waals surface area contributed by atoms with E-state index in [2.05, 4.69) is 25.7 Å². The molecule has 0 saturated heterocycles. The van der Waals surface area contributed by atoms with Crippen LogP contribution in [0.3, 0.4) is 0 Å². The fraction of sp³-hybridized carbons (Fsp3) is 0.250. The van der Waals surface area contributed by atoms with Crippen molar-refractivity contribution in [2.45, 2.75) is 12.8 Å². The highest BCUT2D eigenvalue weighted by atomic mass is 79.9. The van der Waals surface area contributed by atoms with Crippen LogP contribution in [0.5, 0.6) is 5.88 Å². The maximum Gasteiger partial charge on any atom is 0.574 e. The molecule has 0 aliphatic heterocycles. The monoisotopic (exact) mass is 319 g/mol. The van der Waals surface area contributed by atoms with Gasteiger partial charge in [-0.25, -0.2) is 13.8 Å². The Balaban J connectivity index is 3.28. The zero-order valence-corrected chi connectivity index (χ0v) is 9.35. The summed E-state index contributed by atoms with van der Waals surface area (Å²) >= 11 is 2.66. The third-order valence-corrected chi connectivity index (χ3v) is 2.21. The van der Waals surface area contributed by atoms with E-state index in [0.717, 1.165) is 0 Å². The molecule has 0 saturated carbocycles. The summed E-state index contributed by atoms with van der Waals surface area (Å²) in [6.45, 7) is 0. The molecular weight excluding hydrogens is 317 g/mol. The Morgan fingerprint density at radius 2 is 2.00 bits per heavy atom. The quantitative estimate of drug-likeness (QED) is 0.486. The highest BCUT2D eigenvalue weighted by molar-refractivity contribution is 9.10. The number of hydrogen-bond donors (Lipinski definition) is 0. The fourth-order valence-electron chi connectivity index (χ4n) is 0.937. The molecule has 0 amide bonds. The number of hydrogen-bond acceptors (Lipinski definition) is 3. The van der Waals surface area contributed by atoms with Crippen molar-refractivity contribution >= 4 is 22.2 Å². The first-order valence-electron chi connectivity index (χ1n) is 3.94. The first kappa shape index (κ1) is 13.8. The zero-order valence-electron chi connectivity index (χ0n) is 7.76. The molecule has 0 unspecified atom stereocenters. The van der Waals surface area contributed by atoms with Crippen molar-refractivity contribution in [3.8, 4) is 5.88 Å². The Morgan fingerprint density at radius 3 is 2.41 bits per heavy atom. The average Bonchev–Trinajstić information content (AvgIpc) is 2.14. The van der Waals surface area contributed by atoms with E-state index in [4.69, 9.17) is 0 Å². The second-order valence-corrected chi connectivity index (χ2v) is 3.48. The Kier molecular flexibility index (Phi) is 4.02. The number of rotatable bonds is 3. The lowest BCUT2D eigenvalue weighted by Gasteiger charge is -2.12. The van der Waals surface area contributed by atoms with Crippen LogP contribution >= 0.6 is 15.9 Å². The average molecular weight is 320 g/mol. The van der Waals surface area contributed by atoms with Gasteiger partial charge in [-0.05, 0) is 22.0 Å². The molecule has 0 aliphatic carbocycles. The fourth-order valence-corrected chi connectivity index (χ4v) is 1.31. The summed E-state index contributed by atoms with van der Waals surface area (Å²) in [5.74, 6) is -1.29. The molecule has 17 heavy (non-hydrogen) atoms. The number of nitrogens with zero attached hydrogens (tertiary/aromatic N) is 1. The van der Waals surface area contributed by atoms with E-state index < -0.39 is 24.2 Å². The van der Waals surface area contributed by atoms with Crippen LogP contribution < -0.4 is 4.74 Å². The van der Waals surface area contributed by atoms with Crippen molar-refractivity contribution < 1.29 is 31.5 Å². The molecule has 1 rings (SSSR count). The maximum absolute atomic E-state index is 12.4. The molecule has 0 atom stereocenters. The first-order chi connectivity index (χ1) is 7.74. The van der Waals surface area contributed by atoms with Crippen LogP contribution in [0, 0.1) is 0 Å². The Morgan fingerprint density at radius 1 is 1.41 bits per heavy atom. The SMILES string of the molecule is O=Cc1cc(C(F)F)c(OC(F)(F)F)nc1Br. The molecule has 3 nitrogen and oxygen atoms in total. The van der Waals surface area contributed by atoms with E-state index in [0.29, 0.717) is 6.07 Å². The van der Waals surface area contributed by atoms with Gasteiger partial charge in [0, 0.05) is 5.56 Å². The molecule has 0 radical (unpaired) electrons. The standard InChI is InChI=1S/C8H3BrF5NO2/c9-5-3(2-16)1-4(6(10)11)7(15-5)17-8(12,13)14/h1-2,6H. The summed E-state index contributed by atoms with van der Waals surface area (Å²) in [6.07, 6.45) is -8.20. The van der Waals surface area contributed by atoms with Crippen LogP contribution in [0.1, 0.15) is 22.3 Å². The largest absolute Gasteiger partial charge is 0.574 e. The molecule has 0 aliphatic rings. The lowest BCUT2D eigenvalue weighted by molar-refractivity contribution is -0.276. The molecule has 0 N–H and O–H groups in total. The predicted molar refractivity (Wildman–Crippen MR) is 49.0 cm³/mol. The van der Waals surface area contributed by atoms with Crippen molar-refractivity contribution in [2.24, 2.45) is 0 Å². The van der Waals surface area contributed by atoms with Gasteiger partial charge in [-0.2, -0.15) is 0 Å². The van der Waals surface area contributed by atoms with E-state index in [-0.39, 0.29) is 16.5 Å². The van der Waals surface area contributed by atoms with Crippen LogP contribution in [-0.2, 0) is 0 Å². The van der Waals surface area contributed by atoms with Crippen LogP contribution in [0.4, 0.5) is 22.0 Å². The van der Waals surface area contributed by atoms with E-state index >= 15 is 0 Å². The lowest BCUT2D eigenvalue weighted by atomic mass is 10.2. The number of halogens is 6. The van der Waals surface area contributed by atoms with E-state index in [1.54, 1.807) is 0 Å². The molecule has 1 aromatic heterocycles. The summed E-state index contributed by atoms with van der Waals surface area (Å²) in [4.78, 5) is 13.5. The van der Waals surface area contributed by atoms with Crippen LogP contribution in [0.2, 0.25) is 0 Å². The van der Waals surface area contributed by atoms with Gasteiger partial charge < -0.3 is 4.74 Å². The first-order valence-corrected chi connectivity index (χ1v) is 4.73. The Hall–Kier alpha value is -1.25. The van der Waals surface area contributed by atoms with Gasteiger partial charge in [0.1, 0.15) is 4.60 Å². The molecule has 1 aromatic rings. The van der Waals surface area contributed by atoms with Crippen molar-refractivity contribution in [1.82, 2.24) is 4.98 Å².